The van der Waals surface area contributed by atoms with Gasteiger partial charge in [-0.1, -0.05) is 45.0 Å². The van der Waals surface area contributed by atoms with Crippen LogP contribution in [0.3, 0.4) is 0 Å². The van der Waals surface area contributed by atoms with Crippen LogP contribution < -0.4 is 4.74 Å². The molecule has 0 bridgehead atoms. The first kappa shape index (κ1) is 20.9. The molecular formula is C24H30N2O3. The molecule has 0 radical (unpaired) electrons. The second-order valence-corrected chi connectivity index (χ2v) is 8.26. The fraction of sp³-hybridized carbons (Fsp3) is 0.417. The van der Waals surface area contributed by atoms with Gasteiger partial charge in [0.25, 0.3) is 0 Å². The Hall–Kier alpha value is -2.82. The van der Waals surface area contributed by atoms with Crippen molar-refractivity contribution in [3.8, 4) is 5.75 Å². The highest BCUT2D eigenvalue weighted by molar-refractivity contribution is 5.85. The zero-order chi connectivity index (χ0) is 21.1. The number of aliphatic carboxylic acids is 1. The number of aromatic nitrogens is 2. The molecule has 29 heavy (non-hydrogen) atoms. The van der Waals surface area contributed by atoms with Gasteiger partial charge < -0.3 is 9.84 Å². The molecule has 0 saturated carbocycles. The number of carboxylic acids is 1. The predicted octanol–water partition coefficient (Wildman–Crippen LogP) is 5.47. The van der Waals surface area contributed by atoms with Crippen molar-refractivity contribution in [2.45, 2.75) is 60.1 Å². The molecule has 154 valence electrons. The number of benzene rings is 2. The zero-order valence-corrected chi connectivity index (χ0v) is 17.9. The van der Waals surface area contributed by atoms with E-state index >= 15 is 0 Å². The summed E-state index contributed by atoms with van der Waals surface area (Å²) in [5.74, 6) is 0.507. The molecule has 1 atom stereocenters. The van der Waals surface area contributed by atoms with E-state index in [-0.39, 0.29) is 12.3 Å². The third-order valence-corrected chi connectivity index (χ3v) is 5.32. The fourth-order valence-corrected chi connectivity index (χ4v) is 3.72. The topological polar surface area (TPSA) is 64.4 Å². The molecule has 0 amide bonds. The van der Waals surface area contributed by atoms with Gasteiger partial charge >= 0.3 is 5.97 Å². The van der Waals surface area contributed by atoms with E-state index in [1.165, 1.54) is 16.5 Å². The average Bonchev–Trinajstić information content (AvgIpc) is 2.96. The van der Waals surface area contributed by atoms with Crippen molar-refractivity contribution in [2.75, 3.05) is 0 Å². The van der Waals surface area contributed by atoms with Crippen LogP contribution in [0.15, 0.2) is 36.4 Å². The number of aryl methyl sites for hydroxylation is 2. The summed E-state index contributed by atoms with van der Waals surface area (Å²) >= 11 is 0. The van der Waals surface area contributed by atoms with Gasteiger partial charge in [0, 0.05) is 11.9 Å². The summed E-state index contributed by atoms with van der Waals surface area (Å²) in [6.45, 7) is 11.9. The summed E-state index contributed by atoms with van der Waals surface area (Å²) in [6.07, 6.45) is 0.128. The first-order valence-electron chi connectivity index (χ1n) is 10.2. The first-order chi connectivity index (χ1) is 13.8. The predicted molar refractivity (Wildman–Crippen MR) is 115 cm³/mol. The van der Waals surface area contributed by atoms with Crippen molar-refractivity contribution in [3.05, 3.63) is 58.8 Å². The van der Waals surface area contributed by atoms with E-state index in [0.29, 0.717) is 12.5 Å². The molecule has 0 aliphatic heterocycles. The molecule has 3 rings (SSSR count). The third kappa shape index (κ3) is 4.78. The molecule has 0 saturated heterocycles. The van der Waals surface area contributed by atoms with Crippen LogP contribution in [0.4, 0.5) is 0 Å². The third-order valence-electron chi connectivity index (χ3n) is 5.32. The van der Waals surface area contributed by atoms with Crippen LogP contribution in [0.1, 0.15) is 55.5 Å². The molecule has 5 heteroatoms. The van der Waals surface area contributed by atoms with Crippen LogP contribution in [0.2, 0.25) is 0 Å². The van der Waals surface area contributed by atoms with E-state index in [9.17, 15) is 4.79 Å². The minimum absolute atomic E-state index is 0.0179. The summed E-state index contributed by atoms with van der Waals surface area (Å²) in [5.41, 5.74) is 5.60. The summed E-state index contributed by atoms with van der Waals surface area (Å²) in [5, 5.41) is 14.9. The maximum absolute atomic E-state index is 10.9. The van der Waals surface area contributed by atoms with Crippen LogP contribution in [-0.4, -0.2) is 20.9 Å². The van der Waals surface area contributed by atoms with Gasteiger partial charge in [0.15, 0.2) is 0 Å². The Morgan fingerprint density at radius 2 is 1.79 bits per heavy atom. The van der Waals surface area contributed by atoms with Crippen molar-refractivity contribution in [1.82, 2.24) is 9.78 Å². The minimum atomic E-state index is -0.782. The van der Waals surface area contributed by atoms with Crippen molar-refractivity contribution < 1.29 is 14.6 Å². The van der Waals surface area contributed by atoms with Crippen LogP contribution in [0, 0.1) is 19.8 Å². The highest BCUT2D eigenvalue weighted by Crippen LogP contribution is 2.27. The maximum Gasteiger partial charge on any atom is 0.303 e. The van der Waals surface area contributed by atoms with Crippen molar-refractivity contribution in [3.63, 3.8) is 0 Å². The Balaban J connectivity index is 1.77. The van der Waals surface area contributed by atoms with E-state index in [1.807, 2.05) is 31.2 Å². The van der Waals surface area contributed by atoms with Gasteiger partial charge in [-0.15, -0.1) is 0 Å². The van der Waals surface area contributed by atoms with Crippen LogP contribution in [-0.2, 0) is 17.9 Å². The van der Waals surface area contributed by atoms with E-state index in [0.717, 1.165) is 29.1 Å². The Morgan fingerprint density at radius 3 is 2.41 bits per heavy atom. The number of carbonyl (C=O) groups is 1. The summed E-state index contributed by atoms with van der Waals surface area (Å²) in [4.78, 5) is 10.9. The van der Waals surface area contributed by atoms with E-state index in [4.69, 9.17) is 14.9 Å². The second kappa shape index (κ2) is 8.68. The van der Waals surface area contributed by atoms with Gasteiger partial charge in [-0.2, -0.15) is 5.10 Å². The van der Waals surface area contributed by atoms with Gasteiger partial charge in [-0.05, 0) is 54.5 Å². The van der Waals surface area contributed by atoms with Gasteiger partial charge in [0.05, 0.1) is 17.6 Å². The Kier molecular flexibility index (Phi) is 6.26. The smallest absolute Gasteiger partial charge is 0.303 e. The molecule has 2 aromatic carbocycles. The Labute approximate surface area is 172 Å². The summed E-state index contributed by atoms with van der Waals surface area (Å²) < 4.78 is 8.14. The maximum atomic E-state index is 10.9. The number of hydrogen-bond donors (Lipinski definition) is 1. The lowest BCUT2D eigenvalue weighted by atomic mass is 9.98. The molecule has 5 nitrogen and oxygen atoms in total. The van der Waals surface area contributed by atoms with Crippen LogP contribution in [0.5, 0.6) is 5.75 Å². The largest absolute Gasteiger partial charge is 0.489 e. The molecule has 3 aromatic rings. The van der Waals surface area contributed by atoms with Gasteiger partial charge in [-0.25, -0.2) is 0 Å². The van der Waals surface area contributed by atoms with Crippen LogP contribution >= 0.6 is 0 Å². The molecular weight excluding hydrogens is 364 g/mol. The second-order valence-electron chi connectivity index (χ2n) is 8.26. The SMILES string of the molecule is Cc1nn(CC(C)C)c2c(C)c(COc3ccc([C@@H](C)CC(=O)O)cc3)ccc12. The lowest BCUT2D eigenvalue weighted by Gasteiger charge is -2.13. The fourth-order valence-electron chi connectivity index (χ4n) is 3.72. The molecule has 1 N–H and O–H groups in total. The van der Waals surface area contributed by atoms with Crippen LogP contribution in [0.25, 0.3) is 10.9 Å². The monoisotopic (exact) mass is 394 g/mol. The first-order valence-corrected chi connectivity index (χ1v) is 10.2. The lowest BCUT2D eigenvalue weighted by molar-refractivity contribution is -0.137. The van der Waals surface area contributed by atoms with Crippen molar-refractivity contribution >= 4 is 16.9 Å². The molecule has 1 aromatic heterocycles. The van der Waals surface area contributed by atoms with Gasteiger partial charge in [-0.3, -0.25) is 9.48 Å². The zero-order valence-electron chi connectivity index (χ0n) is 17.9. The molecule has 0 fully saturated rings. The van der Waals surface area contributed by atoms with Gasteiger partial charge in [0.1, 0.15) is 12.4 Å². The Morgan fingerprint density at radius 1 is 1.10 bits per heavy atom. The standard InChI is InChI=1S/C24H30N2O3/c1-15(2)13-26-24-17(4)20(8-11-22(24)18(5)25-26)14-29-21-9-6-19(7-10-21)16(3)12-23(27)28/h6-11,15-16H,12-14H2,1-5H3,(H,27,28)/t16-/m0/s1. The van der Waals surface area contributed by atoms with Gasteiger partial charge in [0.2, 0.25) is 0 Å². The number of fused-ring (bicyclic) bond motifs is 1. The molecule has 0 unspecified atom stereocenters. The highest BCUT2D eigenvalue weighted by Gasteiger charge is 2.14. The van der Waals surface area contributed by atoms with E-state index in [2.05, 4.69) is 44.5 Å². The number of nitrogens with zero attached hydrogens (tertiary/aromatic N) is 2. The molecule has 0 aliphatic carbocycles. The number of hydrogen-bond acceptors (Lipinski definition) is 3. The quantitative estimate of drug-likeness (QED) is 0.550. The molecule has 0 spiro atoms. The highest BCUT2D eigenvalue weighted by atomic mass is 16.5. The molecule has 0 aliphatic rings. The van der Waals surface area contributed by atoms with E-state index in [1.54, 1.807) is 0 Å². The Bertz CT molecular complexity index is 1000. The number of rotatable bonds is 8. The summed E-state index contributed by atoms with van der Waals surface area (Å²) in [6, 6.07) is 12.0. The number of carboxylic acid groups (broad SMARTS) is 1. The molecule has 1 heterocycles. The van der Waals surface area contributed by atoms with Crippen molar-refractivity contribution in [2.24, 2.45) is 5.92 Å². The minimum Gasteiger partial charge on any atom is -0.489 e. The van der Waals surface area contributed by atoms with E-state index < -0.39 is 5.97 Å². The lowest BCUT2D eigenvalue weighted by Crippen LogP contribution is -2.08. The average molecular weight is 395 g/mol. The normalized spacial score (nSPS) is 12.5. The summed E-state index contributed by atoms with van der Waals surface area (Å²) in [7, 11) is 0. The number of ether oxygens (including phenoxy) is 1. The van der Waals surface area contributed by atoms with Crippen molar-refractivity contribution in [1.29, 1.82) is 0 Å².